The van der Waals surface area contributed by atoms with Crippen LogP contribution in [0.25, 0.3) is 0 Å². The Labute approximate surface area is 324 Å². The summed E-state index contributed by atoms with van der Waals surface area (Å²) in [5.41, 5.74) is 2.22. The van der Waals surface area contributed by atoms with E-state index in [2.05, 4.69) is 5.32 Å². The monoisotopic (exact) mass is 777 g/mol. The Balaban J connectivity index is 1.14. The second kappa shape index (κ2) is 15.8. The summed E-state index contributed by atoms with van der Waals surface area (Å²) in [5.74, 6) is 0.386. The number of carbonyl (C=O) groups excluding carboxylic acids is 3. The van der Waals surface area contributed by atoms with Gasteiger partial charge in [-0.15, -0.1) is 0 Å². The number of carbonyl (C=O) groups is 3. The quantitative estimate of drug-likeness (QED) is 0.260. The van der Waals surface area contributed by atoms with Crippen molar-refractivity contribution in [1.29, 1.82) is 0 Å². The molecular weight excluding hydrogens is 733 g/mol. The average molecular weight is 779 g/mol. The number of urea groups is 1. The molecule has 14 heteroatoms. The number of aliphatic hydroxyl groups is 2. The van der Waals surface area contributed by atoms with E-state index in [0.29, 0.717) is 45.8 Å². The fourth-order valence-corrected chi connectivity index (χ4v) is 8.58. The molecule has 4 aliphatic rings. The summed E-state index contributed by atoms with van der Waals surface area (Å²) in [6, 6.07) is 18.5. The topological polar surface area (TPSA) is 144 Å². The molecule has 2 aliphatic carbocycles. The van der Waals surface area contributed by atoms with E-state index < -0.39 is 30.3 Å². The van der Waals surface area contributed by atoms with E-state index in [0.717, 1.165) is 11.1 Å². The molecule has 0 aromatic heterocycles. The molecule has 2 heterocycles. The molecule has 3 N–H and O–H groups in total. The Bertz CT molecular complexity index is 1910. The molecule has 7 rings (SSSR count). The first-order valence-corrected chi connectivity index (χ1v) is 19.1. The molecule has 54 heavy (non-hydrogen) atoms. The highest BCUT2D eigenvalue weighted by Gasteiger charge is 2.54. The average Bonchev–Trinajstić information content (AvgIpc) is 3.85. The smallest absolute Gasteiger partial charge is 0.326 e. The van der Waals surface area contributed by atoms with Gasteiger partial charge in [0.15, 0.2) is 0 Å². The van der Waals surface area contributed by atoms with Crippen molar-refractivity contribution in [2.45, 2.75) is 57.1 Å². The first-order valence-electron chi connectivity index (χ1n) is 18.4. The number of piperazine rings is 1. The molecule has 2 saturated carbocycles. The third-order valence-electron chi connectivity index (χ3n) is 11.0. The summed E-state index contributed by atoms with van der Waals surface area (Å²) >= 11 is 12.6. The first kappa shape index (κ1) is 37.9. The van der Waals surface area contributed by atoms with Crippen molar-refractivity contribution in [2.75, 3.05) is 39.8 Å². The number of hydrogen-bond donors (Lipinski definition) is 3. The number of ether oxygens (including phenoxy) is 2. The van der Waals surface area contributed by atoms with Gasteiger partial charge in [0.25, 0.3) is 0 Å². The van der Waals surface area contributed by atoms with Gasteiger partial charge in [-0.05, 0) is 86.1 Å². The molecule has 3 fully saturated rings. The van der Waals surface area contributed by atoms with E-state index >= 15 is 0 Å². The van der Waals surface area contributed by atoms with E-state index in [-0.39, 0.29) is 68.4 Å². The van der Waals surface area contributed by atoms with E-state index in [9.17, 15) is 24.6 Å². The van der Waals surface area contributed by atoms with Gasteiger partial charge in [-0.3, -0.25) is 19.5 Å². The van der Waals surface area contributed by atoms with Crippen LogP contribution in [0.4, 0.5) is 4.79 Å². The fraction of sp³-hybridized carbons (Fsp3) is 0.450. The van der Waals surface area contributed by atoms with Gasteiger partial charge in [-0.25, -0.2) is 4.79 Å². The summed E-state index contributed by atoms with van der Waals surface area (Å²) in [5, 5.41) is 24.4. The third-order valence-corrected chi connectivity index (χ3v) is 11.5. The number of fused-ring (bicyclic) bond motifs is 2. The second-order valence-electron chi connectivity index (χ2n) is 14.7. The van der Waals surface area contributed by atoms with Gasteiger partial charge in [-0.2, -0.15) is 0 Å². The molecule has 3 aromatic rings. The van der Waals surface area contributed by atoms with Crippen molar-refractivity contribution in [1.82, 2.24) is 20.0 Å². The van der Waals surface area contributed by atoms with Crippen molar-refractivity contribution >= 4 is 46.9 Å². The zero-order valence-corrected chi connectivity index (χ0v) is 31.9. The largest absolute Gasteiger partial charge is 0.497 e. The zero-order valence-electron chi connectivity index (χ0n) is 30.4. The number of halogens is 2. The van der Waals surface area contributed by atoms with Crippen LogP contribution in [0.3, 0.4) is 0 Å². The molecule has 1 saturated heterocycles. The fourth-order valence-electron chi connectivity index (χ4n) is 8.33. The Hall–Kier alpha value is -4.36. The van der Waals surface area contributed by atoms with Crippen LogP contribution in [-0.2, 0) is 9.59 Å². The second-order valence-corrected chi connectivity index (χ2v) is 15.6. The summed E-state index contributed by atoms with van der Waals surface area (Å²) < 4.78 is 11.8. The van der Waals surface area contributed by atoms with Crippen LogP contribution in [-0.4, -0.2) is 107 Å². The van der Waals surface area contributed by atoms with Gasteiger partial charge >= 0.3 is 6.03 Å². The number of nitrogens with one attached hydrogen (secondary N) is 1. The lowest BCUT2D eigenvalue weighted by Gasteiger charge is -2.39. The van der Waals surface area contributed by atoms with E-state index in [1.807, 2.05) is 44.2 Å². The van der Waals surface area contributed by atoms with Crippen LogP contribution in [0.15, 0.2) is 71.7 Å². The standard InChI is InChI=1S/C40H45Cl2N5O7/c1-22(2)54-32-20-28(53-3)12-13-29(32)38-44-34(23-4-8-26(41)9-5-23)35(24-6-10-27(42)11-7-24)47(38)40(52)46-17-16-45(33(48)21-46)15-14-43-39(51)31-19-25-18-30(31)37(50)36(25)49/h4-13,20,22,25,30-31,34-37,49-50H,14-19,21H2,1-3H3,(H,43,51)/t25-,30?,31-,34-,35+,36+,37-/m0/s1. The predicted octanol–water partition coefficient (Wildman–Crippen LogP) is 5.09. The van der Waals surface area contributed by atoms with Gasteiger partial charge in [0.2, 0.25) is 11.8 Å². The van der Waals surface area contributed by atoms with Crippen LogP contribution < -0.4 is 14.8 Å². The summed E-state index contributed by atoms with van der Waals surface area (Å²) in [4.78, 5) is 51.6. The molecule has 3 aromatic carbocycles. The molecule has 0 radical (unpaired) electrons. The highest BCUT2D eigenvalue weighted by molar-refractivity contribution is 6.30. The summed E-state index contributed by atoms with van der Waals surface area (Å²) in [6.07, 6.45) is -0.650. The molecule has 2 aliphatic heterocycles. The third kappa shape index (κ3) is 7.49. The number of amidine groups is 1. The van der Waals surface area contributed by atoms with E-state index in [1.54, 1.807) is 53.3 Å². The Morgan fingerprint density at radius 1 is 0.944 bits per heavy atom. The number of methoxy groups -OCH3 is 1. The molecule has 286 valence electrons. The maximum Gasteiger partial charge on any atom is 0.326 e. The summed E-state index contributed by atoms with van der Waals surface area (Å²) in [6.45, 7) is 4.73. The molecule has 2 bridgehead atoms. The minimum atomic E-state index is -0.882. The molecule has 0 spiro atoms. The van der Waals surface area contributed by atoms with Crippen LogP contribution in [0.2, 0.25) is 10.0 Å². The summed E-state index contributed by atoms with van der Waals surface area (Å²) in [7, 11) is 1.57. The lowest BCUT2D eigenvalue weighted by atomic mass is 9.84. The molecule has 1 unspecified atom stereocenters. The predicted molar refractivity (Wildman–Crippen MR) is 204 cm³/mol. The Morgan fingerprint density at radius 3 is 2.24 bits per heavy atom. The SMILES string of the molecule is COc1ccc(C2=N[C@@H](c3ccc(Cl)cc3)[C@@H](c3ccc(Cl)cc3)N2C(=O)N2CCN(CCNC(=O)[C@H]3C[C@@H]4CC3[C@H](O)[C@@H]4O)C(=O)C2)c(OC(C)C)c1. The normalized spacial score (nSPS) is 26.4. The van der Waals surface area contributed by atoms with Crippen LogP contribution >= 0.6 is 23.2 Å². The molecule has 12 nitrogen and oxygen atoms in total. The lowest BCUT2D eigenvalue weighted by molar-refractivity contribution is -0.136. The minimum Gasteiger partial charge on any atom is -0.497 e. The number of nitrogens with zero attached hydrogens (tertiary/aromatic N) is 4. The number of benzene rings is 3. The minimum absolute atomic E-state index is 0.0612. The van der Waals surface area contributed by atoms with Crippen LogP contribution in [0, 0.1) is 17.8 Å². The lowest BCUT2D eigenvalue weighted by Crippen LogP contribution is -2.57. The van der Waals surface area contributed by atoms with Gasteiger partial charge in [-0.1, -0.05) is 47.5 Å². The van der Waals surface area contributed by atoms with Crippen LogP contribution in [0.1, 0.15) is 55.5 Å². The zero-order chi connectivity index (χ0) is 38.3. The van der Waals surface area contributed by atoms with Gasteiger partial charge < -0.3 is 34.8 Å². The molecular formula is C40H45Cl2N5O7. The van der Waals surface area contributed by atoms with Crippen molar-refractivity contribution in [3.05, 3.63) is 93.5 Å². The molecule has 4 amide bonds. The maximum atomic E-state index is 14.9. The van der Waals surface area contributed by atoms with Gasteiger partial charge in [0.05, 0.1) is 37.0 Å². The van der Waals surface area contributed by atoms with Crippen molar-refractivity contribution < 1.29 is 34.1 Å². The number of hydrogen-bond acceptors (Lipinski definition) is 8. The molecule has 7 atom stereocenters. The highest BCUT2D eigenvalue weighted by atomic mass is 35.5. The van der Waals surface area contributed by atoms with Crippen molar-refractivity contribution in [2.24, 2.45) is 22.7 Å². The van der Waals surface area contributed by atoms with E-state index in [4.69, 9.17) is 37.7 Å². The maximum absolute atomic E-state index is 14.9. The number of rotatable bonds is 10. The van der Waals surface area contributed by atoms with E-state index in [1.165, 1.54) is 4.90 Å². The highest BCUT2D eigenvalue weighted by Crippen LogP contribution is 2.49. The van der Waals surface area contributed by atoms with Gasteiger partial charge in [0, 0.05) is 48.2 Å². The van der Waals surface area contributed by atoms with Gasteiger partial charge in [0.1, 0.15) is 29.9 Å². The van der Waals surface area contributed by atoms with Crippen molar-refractivity contribution in [3.8, 4) is 11.5 Å². The number of amides is 4. The first-order chi connectivity index (χ1) is 25.9. The Kier molecular flexibility index (Phi) is 11.1. The number of aliphatic hydroxyl groups excluding tert-OH is 2. The number of aliphatic imine (C=N–C) groups is 1. The van der Waals surface area contributed by atoms with Crippen molar-refractivity contribution in [3.63, 3.8) is 0 Å². The van der Waals surface area contributed by atoms with Crippen LogP contribution in [0.5, 0.6) is 11.5 Å². The Morgan fingerprint density at radius 2 is 1.63 bits per heavy atom.